The summed E-state index contributed by atoms with van der Waals surface area (Å²) < 4.78 is 5.68. The SMILES string of the molecule is CN1CCC(Oc2ccncc2C(=O)O)C1. The molecular formula is C11H14N2O3. The zero-order valence-corrected chi connectivity index (χ0v) is 9.09. The molecule has 0 amide bonds. The maximum Gasteiger partial charge on any atom is 0.341 e. The van der Waals surface area contributed by atoms with Gasteiger partial charge in [-0.05, 0) is 19.5 Å². The second kappa shape index (κ2) is 4.49. The summed E-state index contributed by atoms with van der Waals surface area (Å²) in [7, 11) is 2.02. The number of aromatic carboxylic acids is 1. The number of rotatable bonds is 3. The third-order valence-corrected chi connectivity index (χ3v) is 2.65. The highest BCUT2D eigenvalue weighted by molar-refractivity contribution is 5.90. The van der Waals surface area contributed by atoms with E-state index in [4.69, 9.17) is 9.84 Å². The molecule has 1 aromatic rings. The fraction of sp³-hybridized carbons (Fsp3) is 0.455. The molecule has 1 fully saturated rings. The van der Waals surface area contributed by atoms with Crippen molar-refractivity contribution < 1.29 is 14.6 Å². The van der Waals surface area contributed by atoms with Crippen LogP contribution in [0.3, 0.4) is 0 Å². The van der Waals surface area contributed by atoms with Gasteiger partial charge in [-0.3, -0.25) is 4.98 Å². The van der Waals surface area contributed by atoms with Gasteiger partial charge in [-0.1, -0.05) is 0 Å². The summed E-state index contributed by atoms with van der Waals surface area (Å²) >= 11 is 0. The van der Waals surface area contributed by atoms with E-state index in [1.165, 1.54) is 6.20 Å². The van der Waals surface area contributed by atoms with E-state index in [1.807, 2.05) is 7.05 Å². The zero-order chi connectivity index (χ0) is 11.5. The molecule has 1 aliphatic rings. The number of pyridine rings is 1. The summed E-state index contributed by atoms with van der Waals surface area (Å²) in [6.45, 7) is 1.82. The molecule has 86 valence electrons. The van der Waals surface area contributed by atoms with Gasteiger partial charge in [-0.2, -0.15) is 0 Å². The molecule has 0 saturated carbocycles. The van der Waals surface area contributed by atoms with E-state index in [1.54, 1.807) is 12.3 Å². The lowest BCUT2D eigenvalue weighted by atomic mass is 10.2. The van der Waals surface area contributed by atoms with Gasteiger partial charge in [-0.15, -0.1) is 0 Å². The summed E-state index contributed by atoms with van der Waals surface area (Å²) in [6, 6.07) is 1.60. The van der Waals surface area contributed by atoms with Crippen LogP contribution < -0.4 is 4.74 Å². The van der Waals surface area contributed by atoms with E-state index in [-0.39, 0.29) is 11.7 Å². The normalized spacial score (nSPS) is 20.9. The lowest BCUT2D eigenvalue weighted by Crippen LogP contribution is -2.22. The number of aromatic nitrogens is 1. The fourth-order valence-electron chi connectivity index (χ4n) is 1.82. The first kappa shape index (κ1) is 10.9. The molecule has 1 aliphatic heterocycles. The Balaban J connectivity index is 2.12. The molecule has 0 aliphatic carbocycles. The van der Waals surface area contributed by atoms with Crippen molar-refractivity contribution in [2.45, 2.75) is 12.5 Å². The van der Waals surface area contributed by atoms with E-state index in [9.17, 15) is 4.79 Å². The Morgan fingerprint density at radius 2 is 2.50 bits per heavy atom. The highest BCUT2D eigenvalue weighted by atomic mass is 16.5. The number of nitrogens with zero attached hydrogens (tertiary/aromatic N) is 2. The second-order valence-electron chi connectivity index (χ2n) is 3.97. The maximum atomic E-state index is 10.9. The second-order valence-corrected chi connectivity index (χ2v) is 3.97. The molecule has 1 aromatic heterocycles. The van der Waals surface area contributed by atoms with E-state index < -0.39 is 5.97 Å². The third kappa shape index (κ3) is 2.30. The summed E-state index contributed by atoms with van der Waals surface area (Å²) in [5, 5.41) is 8.96. The first-order chi connectivity index (χ1) is 7.66. The Labute approximate surface area is 93.7 Å². The van der Waals surface area contributed by atoms with Crippen molar-refractivity contribution >= 4 is 5.97 Å². The van der Waals surface area contributed by atoms with Crippen LogP contribution in [-0.4, -0.2) is 47.2 Å². The van der Waals surface area contributed by atoms with Crippen LogP contribution in [0, 0.1) is 0 Å². The smallest absolute Gasteiger partial charge is 0.341 e. The molecule has 16 heavy (non-hydrogen) atoms. The van der Waals surface area contributed by atoms with Gasteiger partial charge in [0.2, 0.25) is 0 Å². The van der Waals surface area contributed by atoms with Crippen molar-refractivity contribution in [3.05, 3.63) is 24.0 Å². The molecule has 1 atom stereocenters. The Morgan fingerprint density at radius 1 is 1.69 bits per heavy atom. The van der Waals surface area contributed by atoms with Crippen molar-refractivity contribution in [1.82, 2.24) is 9.88 Å². The van der Waals surface area contributed by atoms with Crippen molar-refractivity contribution in [2.75, 3.05) is 20.1 Å². The van der Waals surface area contributed by atoms with E-state index in [2.05, 4.69) is 9.88 Å². The number of carbonyl (C=O) groups is 1. The van der Waals surface area contributed by atoms with Gasteiger partial charge in [0.1, 0.15) is 17.4 Å². The molecule has 5 nitrogen and oxygen atoms in total. The number of likely N-dealkylation sites (N-methyl/N-ethyl adjacent to an activating group) is 1. The molecule has 1 N–H and O–H groups in total. The average molecular weight is 222 g/mol. The van der Waals surface area contributed by atoms with Crippen LogP contribution in [-0.2, 0) is 0 Å². The Kier molecular flexibility index (Phi) is 3.05. The zero-order valence-electron chi connectivity index (χ0n) is 9.09. The fourth-order valence-corrected chi connectivity index (χ4v) is 1.82. The average Bonchev–Trinajstić information content (AvgIpc) is 2.64. The molecule has 1 unspecified atom stereocenters. The van der Waals surface area contributed by atoms with Gasteiger partial charge >= 0.3 is 5.97 Å². The lowest BCUT2D eigenvalue weighted by molar-refractivity contribution is 0.0689. The minimum Gasteiger partial charge on any atom is -0.488 e. The van der Waals surface area contributed by atoms with Gasteiger partial charge in [0, 0.05) is 25.5 Å². The summed E-state index contributed by atoms with van der Waals surface area (Å²) in [5.41, 5.74) is 0.122. The quantitative estimate of drug-likeness (QED) is 0.822. The number of hydrogen-bond acceptors (Lipinski definition) is 4. The molecule has 2 heterocycles. The molecule has 5 heteroatoms. The van der Waals surface area contributed by atoms with Crippen LogP contribution in [0.2, 0.25) is 0 Å². The minimum absolute atomic E-state index is 0.0745. The molecule has 2 rings (SSSR count). The Hall–Kier alpha value is -1.62. The van der Waals surface area contributed by atoms with Gasteiger partial charge in [0.05, 0.1) is 0 Å². The van der Waals surface area contributed by atoms with Crippen LogP contribution in [0.25, 0.3) is 0 Å². The van der Waals surface area contributed by atoms with Crippen LogP contribution in [0.15, 0.2) is 18.5 Å². The van der Waals surface area contributed by atoms with Gasteiger partial charge < -0.3 is 14.7 Å². The minimum atomic E-state index is -1.01. The number of ether oxygens (including phenoxy) is 1. The highest BCUT2D eigenvalue weighted by Gasteiger charge is 2.22. The molecular weight excluding hydrogens is 208 g/mol. The topological polar surface area (TPSA) is 62.7 Å². The molecule has 0 aromatic carbocycles. The van der Waals surface area contributed by atoms with Crippen molar-refractivity contribution in [3.8, 4) is 5.75 Å². The monoisotopic (exact) mass is 222 g/mol. The van der Waals surface area contributed by atoms with Gasteiger partial charge in [0.15, 0.2) is 0 Å². The molecule has 0 bridgehead atoms. The number of carboxylic acids is 1. The predicted octanol–water partition coefficient (Wildman–Crippen LogP) is 0.863. The lowest BCUT2D eigenvalue weighted by Gasteiger charge is -2.14. The van der Waals surface area contributed by atoms with Crippen molar-refractivity contribution in [1.29, 1.82) is 0 Å². The van der Waals surface area contributed by atoms with Crippen molar-refractivity contribution in [2.24, 2.45) is 0 Å². The summed E-state index contributed by atoms with van der Waals surface area (Å²) in [5.74, 6) is -0.600. The number of carboxylic acid groups (broad SMARTS) is 1. The van der Waals surface area contributed by atoms with Gasteiger partial charge in [0.25, 0.3) is 0 Å². The van der Waals surface area contributed by atoms with Crippen LogP contribution >= 0.6 is 0 Å². The summed E-state index contributed by atoms with van der Waals surface area (Å²) in [4.78, 5) is 16.9. The summed E-state index contributed by atoms with van der Waals surface area (Å²) in [6.07, 6.45) is 3.86. The first-order valence-electron chi connectivity index (χ1n) is 5.19. The predicted molar refractivity (Wildman–Crippen MR) is 57.7 cm³/mol. The Morgan fingerprint density at radius 3 is 3.12 bits per heavy atom. The first-order valence-corrected chi connectivity index (χ1v) is 5.19. The van der Waals surface area contributed by atoms with E-state index in [0.717, 1.165) is 19.5 Å². The highest BCUT2D eigenvalue weighted by Crippen LogP contribution is 2.21. The number of hydrogen-bond donors (Lipinski definition) is 1. The third-order valence-electron chi connectivity index (χ3n) is 2.65. The van der Waals surface area contributed by atoms with Crippen molar-refractivity contribution in [3.63, 3.8) is 0 Å². The molecule has 0 radical (unpaired) electrons. The van der Waals surface area contributed by atoms with Crippen LogP contribution in [0.5, 0.6) is 5.75 Å². The van der Waals surface area contributed by atoms with E-state index in [0.29, 0.717) is 5.75 Å². The van der Waals surface area contributed by atoms with E-state index >= 15 is 0 Å². The van der Waals surface area contributed by atoms with Crippen LogP contribution in [0.1, 0.15) is 16.8 Å². The Bertz CT molecular complexity index is 395. The number of likely N-dealkylation sites (tertiary alicyclic amines) is 1. The maximum absolute atomic E-state index is 10.9. The van der Waals surface area contributed by atoms with Crippen LogP contribution in [0.4, 0.5) is 0 Å². The molecule has 1 saturated heterocycles. The van der Waals surface area contributed by atoms with Gasteiger partial charge in [-0.25, -0.2) is 4.79 Å². The largest absolute Gasteiger partial charge is 0.488 e. The standard InChI is InChI=1S/C11H14N2O3/c1-13-5-3-8(7-13)16-10-2-4-12-6-9(10)11(14)15/h2,4,6,8H,3,5,7H2,1H3,(H,14,15). The molecule has 0 spiro atoms.